The van der Waals surface area contributed by atoms with Gasteiger partial charge in [-0.1, -0.05) is 6.07 Å². The third-order valence-corrected chi connectivity index (χ3v) is 6.87. The van der Waals surface area contributed by atoms with E-state index in [9.17, 15) is 27.2 Å². The van der Waals surface area contributed by atoms with Crippen LogP contribution < -0.4 is 10.6 Å². The molecule has 8 nitrogen and oxygen atoms in total. The molecule has 2 aromatic carbocycles. The number of anilines is 1. The van der Waals surface area contributed by atoms with Crippen LogP contribution in [0.5, 0.6) is 0 Å². The number of nitrogens with one attached hydrogen (secondary N) is 2. The predicted octanol–water partition coefficient (Wildman–Crippen LogP) is 1.50. The van der Waals surface area contributed by atoms with Crippen molar-refractivity contribution in [2.24, 2.45) is 0 Å². The first-order valence-electron chi connectivity index (χ1n) is 8.86. The molecule has 2 heterocycles. The van der Waals surface area contributed by atoms with E-state index in [0.29, 0.717) is 12.8 Å². The Hall–Kier alpha value is -3.11. The molecule has 1 fully saturated rings. The van der Waals surface area contributed by atoms with Crippen LogP contribution in [0.4, 0.5) is 10.1 Å². The summed E-state index contributed by atoms with van der Waals surface area (Å²) in [5.74, 6) is -2.34. The molecule has 0 saturated carbocycles. The molecule has 0 aromatic heterocycles. The van der Waals surface area contributed by atoms with Crippen molar-refractivity contribution in [2.45, 2.75) is 23.8 Å². The van der Waals surface area contributed by atoms with Crippen molar-refractivity contribution < 1.29 is 27.2 Å². The van der Waals surface area contributed by atoms with Gasteiger partial charge in [-0.25, -0.2) is 12.8 Å². The number of imide groups is 1. The highest BCUT2D eigenvalue weighted by atomic mass is 32.2. The minimum absolute atomic E-state index is 0.0526. The number of fused-ring (bicyclic) bond motifs is 1. The van der Waals surface area contributed by atoms with Crippen molar-refractivity contribution >= 4 is 33.4 Å². The maximum atomic E-state index is 13.1. The fourth-order valence-electron chi connectivity index (χ4n) is 3.57. The summed E-state index contributed by atoms with van der Waals surface area (Å²) in [7, 11) is -4.00. The van der Waals surface area contributed by atoms with Gasteiger partial charge in [0.2, 0.25) is 15.9 Å². The highest BCUT2D eigenvalue weighted by Crippen LogP contribution is 2.29. The van der Waals surface area contributed by atoms with Crippen LogP contribution in [0.2, 0.25) is 0 Å². The quantitative estimate of drug-likeness (QED) is 0.732. The van der Waals surface area contributed by atoms with Crippen molar-refractivity contribution in [3.63, 3.8) is 0 Å². The Balaban J connectivity index is 1.61. The van der Waals surface area contributed by atoms with E-state index in [-0.39, 0.29) is 28.3 Å². The van der Waals surface area contributed by atoms with Gasteiger partial charge >= 0.3 is 0 Å². The molecule has 2 N–H and O–H groups in total. The highest BCUT2D eigenvalue weighted by molar-refractivity contribution is 7.89. The van der Waals surface area contributed by atoms with Gasteiger partial charge < -0.3 is 5.32 Å². The van der Waals surface area contributed by atoms with Crippen LogP contribution in [0.3, 0.4) is 0 Å². The molecule has 150 valence electrons. The first-order chi connectivity index (χ1) is 13.8. The minimum atomic E-state index is -4.00. The van der Waals surface area contributed by atoms with Crippen LogP contribution >= 0.6 is 0 Å². The number of rotatable bonds is 4. The van der Waals surface area contributed by atoms with Crippen LogP contribution in [0.1, 0.15) is 33.6 Å². The molecule has 1 atom stereocenters. The summed E-state index contributed by atoms with van der Waals surface area (Å²) >= 11 is 0. The average Bonchev–Trinajstić information content (AvgIpc) is 3.28. The second-order valence-corrected chi connectivity index (χ2v) is 8.62. The molecule has 2 aromatic rings. The zero-order valence-corrected chi connectivity index (χ0v) is 15.8. The lowest BCUT2D eigenvalue weighted by molar-refractivity contribution is -0.119. The number of nitrogens with zero attached hydrogens (tertiary/aromatic N) is 1. The molecule has 1 saturated heterocycles. The van der Waals surface area contributed by atoms with E-state index in [1.807, 2.05) is 0 Å². The van der Waals surface area contributed by atoms with Crippen LogP contribution in [0.15, 0.2) is 47.4 Å². The largest absolute Gasteiger partial charge is 0.324 e. The molecular formula is C19H16FN3O5S. The van der Waals surface area contributed by atoms with Gasteiger partial charge in [0, 0.05) is 6.54 Å². The SMILES string of the molecule is O=C1NC(=O)c2c(NC(=O)[C@@H]3CCCN3S(=O)(=O)c3ccc(F)cc3)cccc21. The maximum Gasteiger partial charge on any atom is 0.261 e. The van der Waals surface area contributed by atoms with Gasteiger partial charge in [-0.3, -0.25) is 19.7 Å². The number of carbonyl (C=O) groups excluding carboxylic acids is 3. The molecule has 0 radical (unpaired) electrons. The zero-order chi connectivity index (χ0) is 20.8. The summed E-state index contributed by atoms with van der Waals surface area (Å²) in [6.45, 7) is 0.143. The van der Waals surface area contributed by atoms with Gasteiger partial charge in [-0.05, 0) is 49.2 Å². The molecule has 4 rings (SSSR count). The molecule has 0 spiro atoms. The van der Waals surface area contributed by atoms with Crippen molar-refractivity contribution in [1.29, 1.82) is 0 Å². The van der Waals surface area contributed by atoms with Gasteiger partial charge in [0.1, 0.15) is 11.9 Å². The number of hydrogen-bond donors (Lipinski definition) is 2. The van der Waals surface area contributed by atoms with Gasteiger partial charge in [0.05, 0.1) is 21.7 Å². The Morgan fingerprint density at radius 3 is 2.55 bits per heavy atom. The third kappa shape index (κ3) is 3.30. The van der Waals surface area contributed by atoms with E-state index in [0.717, 1.165) is 28.6 Å². The van der Waals surface area contributed by atoms with E-state index < -0.39 is 39.6 Å². The summed E-state index contributed by atoms with van der Waals surface area (Å²) in [4.78, 5) is 36.5. The van der Waals surface area contributed by atoms with Crippen LogP contribution in [-0.2, 0) is 14.8 Å². The molecule has 2 aliphatic heterocycles. The Bertz CT molecular complexity index is 1130. The van der Waals surface area contributed by atoms with Crippen molar-refractivity contribution in [3.05, 3.63) is 59.4 Å². The molecule has 0 unspecified atom stereocenters. The molecule has 0 bridgehead atoms. The Morgan fingerprint density at radius 2 is 1.83 bits per heavy atom. The van der Waals surface area contributed by atoms with Gasteiger partial charge in [0.25, 0.3) is 11.8 Å². The normalized spacial score (nSPS) is 19.1. The summed E-state index contributed by atoms with van der Waals surface area (Å²) in [5.41, 5.74) is 0.341. The summed E-state index contributed by atoms with van der Waals surface area (Å²) in [6.07, 6.45) is 0.775. The van der Waals surface area contributed by atoms with E-state index >= 15 is 0 Å². The second kappa shape index (κ2) is 7.05. The monoisotopic (exact) mass is 417 g/mol. The molecule has 2 aliphatic rings. The van der Waals surface area contributed by atoms with Crippen molar-refractivity contribution in [1.82, 2.24) is 9.62 Å². The maximum absolute atomic E-state index is 13.1. The minimum Gasteiger partial charge on any atom is -0.324 e. The smallest absolute Gasteiger partial charge is 0.261 e. The lowest BCUT2D eigenvalue weighted by Crippen LogP contribution is -2.43. The Morgan fingerprint density at radius 1 is 1.10 bits per heavy atom. The number of halogens is 1. The fourth-order valence-corrected chi connectivity index (χ4v) is 5.23. The Kier molecular flexibility index (Phi) is 4.67. The van der Waals surface area contributed by atoms with E-state index in [1.165, 1.54) is 18.2 Å². The summed E-state index contributed by atoms with van der Waals surface area (Å²) in [6, 6.07) is 7.86. The highest BCUT2D eigenvalue weighted by Gasteiger charge is 2.40. The Labute approximate surface area is 165 Å². The van der Waals surface area contributed by atoms with Crippen LogP contribution in [-0.4, -0.2) is 43.0 Å². The lowest BCUT2D eigenvalue weighted by atomic mass is 10.1. The molecule has 10 heteroatoms. The lowest BCUT2D eigenvalue weighted by Gasteiger charge is -2.23. The molecule has 0 aliphatic carbocycles. The number of amides is 3. The third-order valence-electron chi connectivity index (χ3n) is 4.95. The summed E-state index contributed by atoms with van der Waals surface area (Å²) in [5, 5.41) is 4.74. The molecule has 29 heavy (non-hydrogen) atoms. The van der Waals surface area contributed by atoms with Gasteiger partial charge in [-0.2, -0.15) is 4.31 Å². The predicted molar refractivity (Wildman–Crippen MR) is 100 cm³/mol. The van der Waals surface area contributed by atoms with Crippen molar-refractivity contribution in [3.8, 4) is 0 Å². The second-order valence-electron chi connectivity index (χ2n) is 6.73. The fraction of sp³-hybridized carbons (Fsp3) is 0.211. The molecule has 3 amide bonds. The van der Waals surface area contributed by atoms with E-state index in [2.05, 4.69) is 10.6 Å². The zero-order valence-electron chi connectivity index (χ0n) is 15.0. The van der Waals surface area contributed by atoms with Crippen LogP contribution in [0, 0.1) is 5.82 Å². The first-order valence-corrected chi connectivity index (χ1v) is 10.3. The van der Waals surface area contributed by atoms with Gasteiger partial charge in [-0.15, -0.1) is 0 Å². The first kappa shape index (κ1) is 19.2. The number of sulfonamides is 1. The number of hydrogen-bond acceptors (Lipinski definition) is 5. The van der Waals surface area contributed by atoms with Gasteiger partial charge in [0.15, 0.2) is 0 Å². The number of carbonyl (C=O) groups is 3. The topological polar surface area (TPSA) is 113 Å². The van der Waals surface area contributed by atoms with Crippen molar-refractivity contribution in [2.75, 3.05) is 11.9 Å². The standard InChI is InChI=1S/C19H16FN3O5S/c20-11-6-8-12(9-7-11)29(27,28)23-10-2-5-15(23)18(25)21-14-4-1-3-13-16(14)19(26)22-17(13)24/h1,3-4,6-9,15H,2,5,10H2,(H,21,25)(H,22,24,26)/t15-/m0/s1. The summed E-state index contributed by atoms with van der Waals surface area (Å²) < 4.78 is 40.0. The van der Waals surface area contributed by atoms with E-state index in [4.69, 9.17) is 0 Å². The van der Waals surface area contributed by atoms with Crippen LogP contribution in [0.25, 0.3) is 0 Å². The molecular weight excluding hydrogens is 401 g/mol. The number of benzene rings is 2. The average molecular weight is 417 g/mol. The van der Waals surface area contributed by atoms with E-state index in [1.54, 1.807) is 0 Å².